The van der Waals surface area contributed by atoms with Gasteiger partial charge in [-0.15, -0.1) is 0 Å². The van der Waals surface area contributed by atoms with E-state index in [0.29, 0.717) is 31.3 Å². The fraction of sp³-hybridized carbons (Fsp3) is 0.478. The third-order valence-electron chi connectivity index (χ3n) is 9.84. The van der Waals surface area contributed by atoms with Gasteiger partial charge >= 0.3 is 5.97 Å². The Morgan fingerprint density at radius 1 is 0.788 bits per heavy atom. The molecule has 6 heteroatoms. The van der Waals surface area contributed by atoms with Gasteiger partial charge < -0.3 is 9.64 Å². The molecule has 0 aliphatic heterocycles. The molecule has 52 heavy (non-hydrogen) atoms. The van der Waals surface area contributed by atoms with Crippen molar-refractivity contribution in [1.82, 2.24) is 4.90 Å². The van der Waals surface area contributed by atoms with Gasteiger partial charge in [0.05, 0.1) is 0 Å². The number of hydrogen-bond donors (Lipinski definition) is 0. The van der Waals surface area contributed by atoms with Gasteiger partial charge in [-0.2, -0.15) is 0 Å². The number of carbonyl (C=O) groups excluding carboxylic acids is 4. The minimum absolute atomic E-state index is 0.0348. The molecule has 0 radical (unpaired) electrons. The normalized spacial score (nSPS) is 23.9. The van der Waals surface area contributed by atoms with Crippen molar-refractivity contribution in [2.24, 2.45) is 22.7 Å². The number of esters is 1. The predicted molar refractivity (Wildman–Crippen MR) is 216 cm³/mol. The molecule has 0 N–H and O–H groups in total. The summed E-state index contributed by atoms with van der Waals surface area (Å²) in [5.74, 6) is -1.18. The lowest BCUT2D eigenvalue weighted by molar-refractivity contribution is -0.156. The molecule has 0 bridgehead atoms. The summed E-state index contributed by atoms with van der Waals surface area (Å²) in [5.41, 5.74) is 5.45. The van der Waals surface area contributed by atoms with Crippen LogP contribution >= 0.6 is 0 Å². The highest BCUT2D eigenvalue weighted by Gasteiger charge is 2.44. The molecule has 0 aromatic rings. The summed E-state index contributed by atoms with van der Waals surface area (Å²) < 4.78 is 5.63. The van der Waals surface area contributed by atoms with Crippen LogP contribution in [-0.2, 0) is 23.9 Å². The Hall–Kier alpha value is -4.16. The molecule has 3 unspecified atom stereocenters. The van der Waals surface area contributed by atoms with Gasteiger partial charge in [0, 0.05) is 25.2 Å². The lowest BCUT2D eigenvalue weighted by atomic mass is 9.63. The molecular formula is C46H63NO5. The maximum Gasteiger partial charge on any atom is 0.306 e. The zero-order valence-electron chi connectivity index (χ0n) is 33.8. The molecule has 0 aromatic carbocycles. The fourth-order valence-corrected chi connectivity index (χ4v) is 6.70. The van der Waals surface area contributed by atoms with E-state index in [0.717, 1.165) is 34.4 Å². The second-order valence-electron chi connectivity index (χ2n) is 16.1. The minimum Gasteiger partial charge on any atom is -0.454 e. The Morgan fingerprint density at radius 3 is 1.87 bits per heavy atom. The van der Waals surface area contributed by atoms with E-state index in [9.17, 15) is 19.2 Å². The van der Waals surface area contributed by atoms with Crippen LogP contribution in [0.15, 0.2) is 119 Å². The number of ether oxygens (including phenoxy) is 1. The average Bonchev–Trinajstić information content (AvgIpc) is 3.03. The predicted octanol–water partition coefficient (Wildman–Crippen LogP) is 9.94. The van der Waals surface area contributed by atoms with Crippen LogP contribution in [0.1, 0.15) is 94.9 Å². The molecule has 0 aromatic heterocycles. The van der Waals surface area contributed by atoms with Crippen LogP contribution in [0.3, 0.4) is 0 Å². The van der Waals surface area contributed by atoms with Crippen LogP contribution in [0, 0.1) is 22.7 Å². The summed E-state index contributed by atoms with van der Waals surface area (Å²) in [5, 5.41) is 0. The second kappa shape index (κ2) is 20.2. The van der Waals surface area contributed by atoms with Gasteiger partial charge in [0.15, 0.2) is 17.7 Å². The molecule has 282 valence electrons. The number of Topliss-reactive ketones (excluding diaryl/α,β-unsaturated/α-hetero) is 3. The van der Waals surface area contributed by atoms with Crippen molar-refractivity contribution in [2.45, 2.75) is 101 Å². The largest absolute Gasteiger partial charge is 0.454 e. The van der Waals surface area contributed by atoms with Crippen molar-refractivity contribution in [2.75, 3.05) is 20.6 Å². The molecule has 0 saturated heterocycles. The van der Waals surface area contributed by atoms with E-state index in [1.54, 1.807) is 0 Å². The first-order chi connectivity index (χ1) is 24.2. The number of ketones is 3. The SMILES string of the molecule is CC1=C(C=C/C(C)=C/C=C/C(C)=C/C=C/C=C(C)/C=C/C=C(\C)C=CC2C(C)C(=O)C(=O)CC2(C)C)C(C)(C)CC(OC(=O)CCCN(C)C)C1=O. The lowest BCUT2D eigenvalue weighted by Crippen LogP contribution is -2.43. The van der Waals surface area contributed by atoms with E-state index in [-0.39, 0.29) is 46.0 Å². The molecule has 1 saturated carbocycles. The molecule has 1 fully saturated rings. The monoisotopic (exact) mass is 709 g/mol. The molecular weight excluding hydrogens is 647 g/mol. The first-order valence-electron chi connectivity index (χ1n) is 18.5. The Balaban J connectivity index is 1.94. The topological polar surface area (TPSA) is 80.8 Å². The van der Waals surface area contributed by atoms with E-state index in [1.165, 1.54) is 0 Å². The van der Waals surface area contributed by atoms with Gasteiger partial charge in [-0.05, 0) is 89.6 Å². The highest BCUT2D eigenvalue weighted by atomic mass is 16.5. The van der Waals surface area contributed by atoms with Crippen molar-refractivity contribution in [1.29, 1.82) is 0 Å². The van der Waals surface area contributed by atoms with Crippen LogP contribution in [0.5, 0.6) is 0 Å². The Labute approximate surface area is 314 Å². The zero-order valence-corrected chi connectivity index (χ0v) is 33.8. The first-order valence-corrected chi connectivity index (χ1v) is 18.5. The Bertz CT molecular complexity index is 1640. The third-order valence-corrected chi connectivity index (χ3v) is 9.84. The van der Waals surface area contributed by atoms with Crippen molar-refractivity contribution in [3.8, 4) is 0 Å². The van der Waals surface area contributed by atoms with Crippen LogP contribution in [0.4, 0.5) is 0 Å². The summed E-state index contributed by atoms with van der Waals surface area (Å²) in [4.78, 5) is 51.8. The highest BCUT2D eigenvalue weighted by molar-refractivity contribution is 6.38. The van der Waals surface area contributed by atoms with Crippen molar-refractivity contribution in [3.05, 3.63) is 119 Å². The summed E-state index contributed by atoms with van der Waals surface area (Å²) in [6, 6.07) is 0. The molecule has 2 rings (SSSR count). The van der Waals surface area contributed by atoms with Crippen molar-refractivity contribution in [3.63, 3.8) is 0 Å². The van der Waals surface area contributed by atoms with Crippen LogP contribution in [0.25, 0.3) is 0 Å². The molecule has 0 spiro atoms. The van der Waals surface area contributed by atoms with Crippen LogP contribution in [-0.4, -0.2) is 55.0 Å². The Kier molecular flexibility index (Phi) is 17.1. The lowest BCUT2D eigenvalue weighted by Gasteiger charge is -2.39. The molecule has 0 amide bonds. The number of carbonyl (C=O) groups is 4. The smallest absolute Gasteiger partial charge is 0.306 e. The van der Waals surface area contributed by atoms with Gasteiger partial charge in [-0.1, -0.05) is 142 Å². The standard InChI is InChI=1S/C46H63NO5/c1-32(20-15-22-34(3)25-27-38-36(5)43(50)40(48)30-45(38,7)8)18-13-14-19-33(2)21-16-23-35(4)26-28-39-37(6)44(51)41(31-46(39,9)10)52-42(49)24-17-29-47(11)12/h13-16,18-23,25-28,36,38,41H,17,24,29-31H2,1-12H3/b14-13+,20-15+,21-16+,27-25?,28-26?,32-18+,33-19+,34-22+,35-23+. The van der Waals surface area contributed by atoms with Gasteiger partial charge in [0.1, 0.15) is 0 Å². The van der Waals surface area contributed by atoms with Gasteiger partial charge in [-0.25, -0.2) is 0 Å². The number of allylic oxidation sites excluding steroid dienone is 19. The number of nitrogens with zero attached hydrogens (tertiary/aromatic N) is 1. The van der Waals surface area contributed by atoms with E-state index < -0.39 is 6.10 Å². The van der Waals surface area contributed by atoms with Gasteiger partial charge in [0.2, 0.25) is 5.78 Å². The van der Waals surface area contributed by atoms with Crippen LogP contribution < -0.4 is 0 Å². The highest BCUT2D eigenvalue weighted by Crippen LogP contribution is 2.42. The van der Waals surface area contributed by atoms with Gasteiger partial charge in [-0.3, -0.25) is 19.2 Å². The summed E-state index contributed by atoms with van der Waals surface area (Å²) in [6.45, 7) is 21.0. The molecule has 3 atom stereocenters. The number of hydrogen-bond acceptors (Lipinski definition) is 6. The molecule has 2 aliphatic rings. The molecule has 0 heterocycles. The quantitative estimate of drug-likeness (QED) is 0.0957. The minimum atomic E-state index is -0.730. The van der Waals surface area contributed by atoms with Crippen molar-refractivity contribution < 1.29 is 23.9 Å². The number of rotatable bonds is 15. The zero-order chi connectivity index (χ0) is 39.2. The van der Waals surface area contributed by atoms with E-state index in [4.69, 9.17) is 4.74 Å². The van der Waals surface area contributed by atoms with Crippen molar-refractivity contribution >= 4 is 23.3 Å². The summed E-state index contributed by atoms with van der Waals surface area (Å²) in [6.07, 6.45) is 29.6. The summed E-state index contributed by atoms with van der Waals surface area (Å²) >= 11 is 0. The maximum atomic E-state index is 13.1. The van der Waals surface area contributed by atoms with E-state index in [1.807, 2.05) is 101 Å². The molecule has 6 nitrogen and oxygen atoms in total. The third kappa shape index (κ3) is 14.1. The van der Waals surface area contributed by atoms with Crippen LogP contribution in [0.2, 0.25) is 0 Å². The fourth-order valence-electron chi connectivity index (χ4n) is 6.70. The maximum absolute atomic E-state index is 13.1. The Morgan fingerprint density at radius 2 is 1.31 bits per heavy atom. The van der Waals surface area contributed by atoms with E-state index >= 15 is 0 Å². The molecule has 2 aliphatic carbocycles. The second-order valence-corrected chi connectivity index (χ2v) is 16.1. The first kappa shape index (κ1) is 44.0. The average molecular weight is 710 g/mol. The van der Waals surface area contributed by atoms with E-state index in [2.05, 4.69) is 71.9 Å². The summed E-state index contributed by atoms with van der Waals surface area (Å²) in [7, 11) is 3.93. The van der Waals surface area contributed by atoms with Gasteiger partial charge in [0.25, 0.3) is 0 Å².